The summed E-state index contributed by atoms with van der Waals surface area (Å²) in [5.41, 5.74) is 1.51. The van der Waals surface area contributed by atoms with E-state index in [1.807, 2.05) is 47.8 Å². The SMILES string of the molecule is O=C(c1ccc2c(c1)OCO2)N(Cc1ccccc1)N=Cc1cccs1. The molecular weight excluding hydrogens is 348 g/mol. The number of carbonyl (C=O) groups is 1. The largest absolute Gasteiger partial charge is 0.454 e. The molecule has 3 aromatic rings. The lowest BCUT2D eigenvalue weighted by Crippen LogP contribution is -2.25. The molecule has 1 amide bonds. The molecule has 0 atom stereocenters. The number of hydrazone groups is 1. The van der Waals surface area contributed by atoms with E-state index in [4.69, 9.17) is 9.47 Å². The van der Waals surface area contributed by atoms with Crippen LogP contribution in [0.15, 0.2) is 71.1 Å². The van der Waals surface area contributed by atoms with Crippen molar-refractivity contribution in [2.75, 3.05) is 6.79 Å². The molecule has 1 aromatic heterocycles. The number of nitrogens with zero attached hydrogens (tertiary/aromatic N) is 2. The fourth-order valence-electron chi connectivity index (χ4n) is 2.59. The Hall–Kier alpha value is -3.12. The molecule has 0 unspecified atom stereocenters. The standard InChI is InChI=1S/C20H16N2O3S/c23-20(16-8-9-18-19(11-16)25-14-24-18)22(13-15-5-2-1-3-6-15)21-12-17-7-4-10-26-17/h1-12H,13-14H2. The second-order valence-corrected chi connectivity index (χ2v) is 6.66. The first kappa shape index (κ1) is 16.4. The molecule has 0 bridgehead atoms. The average Bonchev–Trinajstić information content (AvgIpc) is 3.36. The van der Waals surface area contributed by atoms with Crippen LogP contribution in [0.5, 0.6) is 11.5 Å². The molecule has 0 saturated carbocycles. The Morgan fingerprint density at radius 1 is 1.08 bits per heavy atom. The maximum Gasteiger partial charge on any atom is 0.274 e. The molecule has 5 nitrogen and oxygen atoms in total. The molecule has 0 fully saturated rings. The highest BCUT2D eigenvalue weighted by Crippen LogP contribution is 2.33. The van der Waals surface area contributed by atoms with Crippen LogP contribution < -0.4 is 9.47 Å². The van der Waals surface area contributed by atoms with Crippen LogP contribution in [-0.4, -0.2) is 23.9 Å². The van der Waals surface area contributed by atoms with Gasteiger partial charge in [0.1, 0.15) is 0 Å². The van der Waals surface area contributed by atoms with Crippen LogP contribution in [0.2, 0.25) is 0 Å². The quantitative estimate of drug-likeness (QED) is 0.505. The predicted molar refractivity (Wildman–Crippen MR) is 101 cm³/mol. The zero-order valence-electron chi connectivity index (χ0n) is 13.9. The molecule has 1 aliphatic rings. The minimum Gasteiger partial charge on any atom is -0.454 e. The van der Waals surface area contributed by atoms with E-state index in [2.05, 4.69) is 5.10 Å². The van der Waals surface area contributed by atoms with Gasteiger partial charge in [-0.05, 0) is 35.2 Å². The number of benzene rings is 2. The van der Waals surface area contributed by atoms with E-state index in [9.17, 15) is 4.79 Å². The number of carbonyl (C=O) groups excluding carboxylic acids is 1. The highest BCUT2D eigenvalue weighted by atomic mass is 32.1. The lowest BCUT2D eigenvalue weighted by atomic mass is 10.1. The Morgan fingerprint density at radius 3 is 2.73 bits per heavy atom. The third-order valence-corrected chi connectivity index (χ3v) is 4.70. The number of hydrogen-bond acceptors (Lipinski definition) is 5. The van der Waals surface area contributed by atoms with E-state index in [1.54, 1.807) is 35.8 Å². The van der Waals surface area contributed by atoms with Gasteiger partial charge in [-0.1, -0.05) is 36.4 Å². The number of amides is 1. The van der Waals surface area contributed by atoms with Crippen LogP contribution in [0, 0.1) is 0 Å². The van der Waals surface area contributed by atoms with Crippen molar-refractivity contribution < 1.29 is 14.3 Å². The van der Waals surface area contributed by atoms with Crippen molar-refractivity contribution in [2.45, 2.75) is 6.54 Å². The van der Waals surface area contributed by atoms with Gasteiger partial charge in [0.2, 0.25) is 6.79 Å². The number of fused-ring (bicyclic) bond motifs is 1. The summed E-state index contributed by atoms with van der Waals surface area (Å²) in [4.78, 5) is 14.0. The van der Waals surface area contributed by atoms with Gasteiger partial charge < -0.3 is 9.47 Å². The highest BCUT2D eigenvalue weighted by molar-refractivity contribution is 7.11. The number of thiophene rings is 1. The first-order valence-electron chi connectivity index (χ1n) is 8.12. The zero-order valence-corrected chi connectivity index (χ0v) is 14.7. The van der Waals surface area contributed by atoms with Gasteiger partial charge in [-0.15, -0.1) is 11.3 Å². The molecule has 0 N–H and O–H groups in total. The van der Waals surface area contributed by atoms with Crippen molar-refractivity contribution in [1.82, 2.24) is 5.01 Å². The first-order valence-corrected chi connectivity index (χ1v) is 9.00. The fraction of sp³-hybridized carbons (Fsp3) is 0.100. The topological polar surface area (TPSA) is 51.1 Å². The normalized spacial score (nSPS) is 12.5. The van der Waals surface area contributed by atoms with Gasteiger partial charge >= 0.3 is 0 Å². The smallest absolute Gasteiger partial charge is 0.274 e. The molecule has 0 radical (unpaired) electrons. The summed E-state index contributed by atoms with van der Waals surface area (Å²) in [6.45, 7) is 0.563. The van der Waals surface area contributed by atoms with E-state index < -0.39 is 0 Å². The monoisotopic (exact) mass is 364 g/mol. The first-order chi connectivity index (χ1) is 12.8. The zero-order chi connectivity index (χ0) is 17.8. The van der Waals surface area contributed by atoms with Crippen LogP contribution in [0.25, 0.3) is 0 Å². The molecule has 0 spiro atoms. The summed E-state index contributed by atoms with van der Waals surface area (Å²) < 4.78 is 10.7. The molecule has 4 rings (SSSR count). The number of rotatable bonds is 5. The van der Waals surface area contributed by atoms with Gasteiger partial charge in [-0.2, -0.15) is 5.10 Å². The molecule has 0 aliphatic carbocycles. The molecular formula is C20H16N2O3S. The highest BCUT2D eigenvalue weighted by Gasteiger charge is 2.20. The number of ether oxygens (including phenoxy) is 2. The van der Waals surface area contributed by atoms with Crippen LogP contribution in [-0.2, 0) is 6.54 Å². The molecule has 26 heavy (non-hydrogen) atoms. The second-order valence-electron chi connectivity index (χ2n) is 5.68. The third-order valence-electron chi connectivity index (χ3n) is 3.90. The van der Waals surface area contributed by atoms with Crippen LogP contribution >= 0.6 is 11.3 Å². The van der Waals surface area contributed by atoms with E-state index in [0.717, 1.165) is 10.4 Å². The average molecular weight is 364 g/mol. The maximum absolute atomic E-state index is 13.0. The lowest BCUT2D eigenvalue weighted by Gasteiger charge is -2.17. The van der Waals surface area contributed by atoms with E-state index >= 15 is 0 Å². The predicted octanol–water partition coefficient (Wildman–Crippen LogP) is 4.15. The van der Waals surface area contributed by atoms with Crippen molar-refractivity contribution >= 4 is 23.5 Å². The Labute approximate surface area is 155 Å². The molecule has 1 aliphatic heterocycles. The van der Waals surface area contributed by atoms with Gasteiger partial charge in [-0.25, -0.2) is 5.01 Å². The van der Waals surface area contributed by atoms with Crippen molar-refractivity contribution in [3.05, 3.63) is 82.0 Å². The molecule has 130 valence electrons. The summed E-state index contributed by atoms with van der Waals surface area (Å²) in [7, 11) is 0. The van der Waals surface area contributed by atoms with Crippen molar-refractivity contribution in [1.29, 1.82) is 0 Å². The summed E-state index contributed by atoms with van der Waals surface area (Å²) in [6, 6.07) is 18.9. The molecule has 6 heteroatoms. The number of hydrogen-bond donors (Lipinski definition) is 0. The van der Waals surface area contributed by atoms with Gasteiger partial charge in [0.25, 0.3) is 5.91 Å². The fourth-order valence-corrected chi connectivity index (χ4v) is 3.17. The van der Waals surface area contributed by atoms with Gasteiger partial charge in [-0.3, -0.25) is 4.79 Å². The van der Waals surface area contributed by atoms with Gasteiger partial charge in [0, 0.05) is 10.4 Å². The maximum atomic E-state index is 13.0. The lowest BCUT2D eigenvalue weighted by molar-refractivity contribution is 0.0749. The Balaban J connectivity index is 1.61. The summed E-state index contributed by atoms with van der Waals surface area (Å²) >= 11 is 1.57. The Bertz CT molecular complexity index is 923. The molecule has 2 heterocycles. The second kappa shape index (κ2) is 7.41. The minimum atomic E-state index is -0.194. The molecule has 2 aromatic carbocycles. The van der Waals surface area contributed by atoms with E-state index in [-0.39, 0.29) is 12.7 Å². The van der Waals surface area contributed by atoms with E-state index in [1.165, 1.54) is 5.01 Å². The third kappa shape index (κ3) is 3.60. The van der Waals surface area contributed by atoms with Crippen LogP contribution in [0.4, 0.5) is 0 Å². The van der Waals surface area contributed by atoms with Crippen LogP contribution in [0.1, 0.15) is 20.8 Å². The van der Waals surface area contributed by atoms with Crippen LogP contribution in [0.3, 0.4) is 0 Å². The van der Waals surface area contributed by atoms with Crippen molar-refractivity contribution in [3.63, 3.8) is 0 Å². The van der Waals surface area contributed by atoms with Crippen molar-refractivity contribution in [3.8, 4) is 11.5 Å². The Morgan fingerprint density at radius 2 is 1.92 bits per heavy atom. The molecule has 0 saturated heterocycles. The summed E-state index contributed by atoms with van der Waals surface area (Å²) in [5, 5.41) is 7.87. The van der Waals surface area contributed by atoms with Crippen molar-refractivity contribution in [2.24, 2.45) is 5.10 Å². The van der Waals surface area contributed by atoms with Gasteiger partial charge in [0.05, 0.1) is 12.8 Å². The Kier molecular flexibility index (Phi) is 4.66. The van der Waals surface area contributed by atoms with E-state index in [0.29, 0.717) is 23.6 Å². The summed E-state index contributed by atoms with van der Waals surface area (Å²) in [5.74, 6) is 1.04. The minimum absolute atomic E-state index is 0.178. The van der Waals surface area contributed by atoms with Gasteiger partial charge in [0.15, 0.2) is 11.5 Å². The summed E-state index contributed by atoms with van der Waals surface area (Å²) in [6.07, 6.45) is 1.71.